The minimum absolute atomic E-state index is 0.169. The molecule has 3 aromatic carbocycles. The Bertz CT molecular complexity index is 1300. The van der Waals surface area contributed by atoms with Gasteiger partial charge in [0.1, 0.15) is 18.2 Å². The molecular weight excluding hydrogens is 432 g/mol. The molecule has 1 aliphatic rings. The first kappa shape index (κ1) is 22.0. The average molecular weight is 459 g/mol. The number of imidazole rings is 1. The molecule has 0 radical (unpaired) electrons. The van der Waals surface area contributed by atoms with Gasteiger partial charge in [-0.3, -0.25) is 9.36 Å². The molecule has 0 aliphatic carbocycles. The lowest BCUT2D eigenvalue weighted by Crippen LogP contribution is -2.01. The van der Waals surface area contributed by atoms with Crippen molar-refractivity contribution in [3.8, 4) is 28.6 Å². The van der Waals surface area contributed by atoms with Gasteiger partial charge in [0.05, 0.1) is 30.4 Å². The summed E-state index contributed by atoms with van der Waals surface area (Å²) < 4.78 is 12.8. The van der Waals surface area contributed by atoms with E-state index in [2.05, 4.69) is 27.5 Å². The topological polar surface area (TPSA) is 71.8 Å². The van der Waals surface area contributed by atoms with Gasteiger partial charge in [-0.1, -0.05) is 36.4 Å². The molecule has 0 saturated carbocycles. The van der Waals surface area contributed by atoms with E-state index in [9.17, 15) is 4.79 Å². The van der Waals surface area contributed by atoms with Crippen LogP contribution in [0.25, 0.3) is 28.1 Å². The Labute approximate surface area is 197 Å². The maximum absolute atomic E-state index is 11.2. The van der Waals surface area contributed by atoms with Crippen LogP contribution < -0.4 is 9.62 Å². The number of unbranched alkanes of at least 4 members (excludes halogenated alkanes) is 2. The highest BCUT2D eigenvalue weighted by molar-refractivity contribution is 5.84. The zero-order valence-corrected chi connectivity index (χ0v) is 19.0. The minimum Gasteiger partial charge on any atom is -0.494 e. The fraction of sp³-hybridized carbons (Fsp3) is 0.259. The summed E-state index contributed by atoms with van der Waals surface area (Å²) in [4.78, 5) is 26.6. The third kappa shape index (κ3) is 4.61. The van der Waals surface area contributed by atoms with Crippen molar-refractivity contribution in [1.29, 1.82) is 0 Å². The molecule has 4 aromatic rings. The lowest BCUT2D eigenvalue weighted by Gasteiger charge is -2.11. The number of benzene rings is 3. The fourth-order valence-corrected chi connectivity index (χ4v) is 4.06. The van der Waals surface area contributed by atoms with Crippen LogP contribution in [0.5, 0.6) is 11.5 Å². The molecule has 1 aromatic heterocycles. The third-order valence-corrected chi connectivity index (χ3v) is 5.85. The molecule has 0 fully saturated rings. The van der Waals surface area contributed by atoms with E-state index in [-0.39, 0.29) is 5.97 Å². The van der Waals surface area contributed by atoms with E-state index in [4.69, 9.17) is 19.5 Å². The Morgan fingerprint density at radius 1 is 1.03 bits per heavy atom. The highest BCUT2D eigenvalue weighted by Crippen LogP contribution is 2.34. The third-order valence-electron chi connectivity index (χ3n) is 5.85. The van der Waals surface area contributed by atoms with Crippen LogP contribution in [0, 0.1) is 0 Å². The van der Waals surface area contributed by atoms with Gasteiger partial charge in [-0.2, -0.15) is 4.89 Å². The molecule has 7 heteroatoms. The van der Waals surface area contributed by atoms with Crippen LogP contribution in [0.1, 0.15) is 31.2 Å². The number of methoxy groups -OCH3 is 1. The summed E-state index contributed by atoms with van der Waals surface area (Å²) in [5, 5.41) is 0. The van der Waals surface area contributed by atoms with Crippen LogP contribution in [0.4, 0.5) is 0 Å². The van der Waals surface area contributed by atoms with E-state index in [1.54, 1.807) is 0 Å². The number of esters is 1. The van der Waals surface area contributed by atoms with Gasteiger partial charge in [0, 0.05) is 29.7 Å². The summed E-state index contributed by atoms with van der Waals surface area (Å²) >= 11 is 0. The van der Waals surface area contributed by atoms with Gasteiger partial charge in [-0.05, 0) is 37.5 Å². The van der Waals surface area contributed by atoms with Gasteiger partial charge in [-0.25, -0.2) is 4.98 Å². The molecule has 7 nitrogen and oxygen atoms in total. The van der Waals surface area contributed by atoms with E-state index < -0.39 is 0 Å². The monoisotopic (exact) mass is 458 g/mol. The highest BCUT2D eigenvalue weighted by atomic mass is 17.2. The van der Waals surface area contributed by atoms with Crippen molar-refractivity contribution in [1.82, 2.24) is 9.55 Å². The summed E-state index contributed by atoms with van der Waals surface area (Å²) in [7, 11) is 1.42. The summed E-state index contributed by atoms with van der Waals surface area (Å²) in [5.74, 6) is 2.17. The van der Waals surface area contributed by atoms with Crippen LogP contribution >= 0.6 is 0 Å². The van der Waals surface area contributed by atoms with Crippen molar-refractivity contribution < 1.29 is 24.0 Å². The van der Waals surface area contributed by atoms with Gasteiger partial charge in [-0.15, -0.1) is 0 Å². The molecule has 5 rings (SSSR count). The van der Waals surface area contributed by atoms with Gasteiger partial charge in [0.15, 0.2) is 5.75 Å². The fourth-order valence-electron chi connectivity index (χ4n) is 4.06. The van der Waals surface area contributed by atoms with E-state index in [0.717, 1.165) is 64.4 Å². The highest BCUT2D eigenvalue weighted by Gasteiger charge is 2.19. The molecule has 0 amide bonds. The van der Waals surface area contributed by atoms with Crippen LogP contribution in [-0.4, -0.2) is 29.2 Å². The molecule has 0 saturated heterocycles. The summed E-state index contributed by atoms with van der Waals surface area (Å²) in [6, 6.07) is 22.1. The Kier molecular flexibility index (Phi) is 6.44. The molecule has 2 heterocycles. The van der Waals surface area contributed by atoms with Crippen molar-refractivity contribution in [3.05, 3.63) is 72.3 Å². The Hall–Kier alpha value is -3.84. The SMILES string of the molecule is COC(=O)CCCCCOc1ccc2nc(-c3ccccc3)n(-c3ccc4c(c3)OOC4)c2c1. The van der Waals surface area contributed by atoms with Gasteiger partial charge < -0.3 is 14.4 Å². The minimum atomic E-state index is -0.169. The second kappa shape index (κ2) is 9.97. The zero-order chi connectivity index (χ0) is 23.3. The van der Waals surface area contributed by atoms with Crippen molar-refractivity contribution in [3.63, 3.8) is 0 Å². The predicted molar refractivity (Wildman–Crippen MR) is 128 cm³/mol. The largest absolute Gasteiger partial charge is 0.494 e. The lowest BCUT2D eigenvalue weighted by atomic mass is 10.1. The second-order valence-corrected chi connectivity index (χ2v) is 8.16. The Balaban J connectivity index is 1.43. The number of carbonyl (C=O) groups excluding carboxylic acids is 1. The van der Waals surface area contributed by atoms with Crippen molar-refractivity contribution in [2.45, 2.75) is 32.3 Å². The van der Waals surface area contributed by atoms with Crippen LogP contribution in [0.2, 0.25) is 0 Å². The molecular formula is C27H26N2O5. The average Bonchev–Trinajstić information content (AvgIpc) is 3.50. The van der Waals surface area contributed by atoms with E-state index in [1.165, 1.54) is 7.11 Å². The number of fused-ring (bicyclic) bond motifs is 2. The van der Waals surface area contributed by atoms with Gasteiger partial charge >= 0.3 is 5.97 Å². The molecule has 174 valence electrons. The van der Waals surface area contributed by atoms with Crippen molar-refractivity contribution in [2.75, 3.05) is 13.7 Å². The first-order chi connectivity index (χ1) is 16.7. The van der Waals surface area contributed by atoms with E-state index in [1.807, 2.05) is 48.5 Å². The smallest absolute Gasteiger partial charge is 0.305 e. The number of aromatic nitrogens is 2. The summed E-state index contributed by atoms with van der Waals surface area (Å²) in [5.41, 5.74) is 4.79. The van der Waals surface area contributed by atoms with Gasteiger partial charge in [0.25, 0.3) is 0 Å². The van der Waals surface area contributed by atoms with Crippen LogP contribution in [-0.2, 0) is 21.0 Å². The number of hydrogen-bond acceptors (Lipinski definition) is 6. The first-order valence-corrected chi connectivity index (χ1v) is 11.4. The molecule has 0 atom stereocenters. The molecule has 0 N–H and O–H groups in total. The number of hydrogen-bond donors (Lipinski definition) is 0. The molecule has 0 bridgehead atoms. The maximum atomic E-state index is 11.2. The Morgan fingerprint density at radius 2 is 1.91 bits per heavy atom. The number of ether oxygens (including phenoxy) is 2. The molecule has 0 spiro atoms. The van der Waals surface area contributed by atoms with Crippen molar-refractivity contribution in [2.24, 2.45) is 0 Å². The predicted octanol–water partition coefficient (Wildman–Crippen LogP) is 5.63. The Morgan fingerprint density at radius 3 is 2.76 bits per heavy atom. The maximum Gasteiger partial charge on any atom is 0.305 e. The molecule has 1 aliphatic heterocycles. The number of nitrogens with zero attached hydrogens (tertiary/aromatic N) is 2. The normalized spacial score (nSPS) is 12.4. The number of carbonyl (C=O) groups is 1. The van der Waals surface area contributed by atoms with E-state index >= 15 is 0 Å². The summed E-state index contributed by atoms with van der Waals surface area (Å²) in [6.07, 6.45) is 3.02. The van der Waals surface area contributed by atoms with Crippen LogP contribution in [0.3, 0.4) is 0 Å². The zero-order valence-electron chi connectivity index (χ0n) is 19.0. The standard InChI is InChI=1S/C27H26N2O5/c1-31-26(30)10-6-3-7-15-32-22-13-14-23-24(17-22)29(27(28-23)19-8-4-2-5-9-19)21-12-11-20-18-33-34-25(20)16-21/h2,4-5,8-9,11-14,16-17H,3,6-7,10,15,18H2,1H3. The van der Waals surface area contributed by atoms with Gasteiger partial charge in [0.2, 0.25) is 0 Å². The number of rotatable bonds is 9. The quantitative estimate of drug-likeness (QED) is 0.184. The molecule has 0 unspecified atom stereocenters. The summed E-state index contributed by atoms with van der Waals surface area (Å²) in [6.45, 7) is 1.03. The van der Waals surface area contributed by atoms with E-state index in [0.29, 0.717) is 19.6 Å². The van der Waals surface area contributed by atoms with Crippen LogP contribution in [0.15, 0.2) is 66.7 Å². The lowest BCUT2D eigenvalue weighted by molar-refractivity contribution is -0.194. The first-order valence-electron chi connectivity index (χ1n) is 11.4. The van der Waals surface area contributed by atoms with Crippen molar-refractivity contribution >= 4 is 17.0 Å². The second-order valence-electron chi connectivity index (χ2n) is 8.16. The molecule has 34 heavy (non-hydrogen) atoms.